The van der Waals surface area contributed by atoms with Gasteiger partial charge in [-0.15, -0.1) is 0 Å². The van der Waals surface area contributed by atoms with Gasteiger partial charge in [-0.3, -0.25) is 0 Å². The van der Waals surface area contributed by atoms with E-state index in [2.05, 4.69) is 6.92 Å². The van der Waals surface area contributed by atoms with Gasteiger partial charge in [-0.25, -0.2) is 0 Å². The predicted molar refractivity (Wildman–Crippen MR) is 77.2 cm³/mol. The van der Waals surface area contributed by atoms with Gasteiger partial charge in [-0.05, 0) is 42.3 Å². The van der Waals surface area contributed by atoms with Gasteiger partial charge < -0.3 is 19.3 Å². The van der Waals surface area contributed by atoms with Crippen LogP contribution in [0.2, 0.25) is 0 Å². The number of hydrogen-bond acceptors (Lipinski definition) is 4. The third-order valence-electron chi connectivity index (χ3n) is 4.25. The number of aromatic hydroxyl groups is 1. The zero-order chi connectivity index (χ0) is 14.6. The molecule has 4 nitrogen and oxygen atoms in total. The summed E-state index contributed by atoms with van der Waals surface area (Å²) >= 11 is 0. The quantitative estimate of drug-likeness (QED) is 0.868. The van der Waals surface area contributed by atoms with E-state index >= 15 is 0 Å². The van der Waals surface area contributed by atoms with Crippen LogP contribution in [0.15, 0.2) is 30.3 Å². The fraction of sp³-hybridized carbons (Fsp3) is 0.294. The Morgan fingerprint density at radius 3 is 2.71 bits per heavy atom. The second-order valence-electron chi connectivity index (χ2n) is 5.62. The lowest BCUT2D eigenvalue weighted by Gasteiger charge is -2.16. The molecule has 0 aliphatic carbocycles. The summed E-state index contributed by atoms with van der Waals surface area (Å²) in [6.45, 7) is 4.25. The molecule has 2 atom stereocenters. The molecule has 2 heterocycles. The number of fused-ring (bicyclic) bond motifs is 2. The molecule has 2 aromatic rings. The first-order valence-electron chi connectivity index (χ1n) is 7.03. The van der Waals surface area contributed by atoms with Crippen LogP contribution in [0.5, 0.6) is 23.0 Å². The van der Waals surface area contributed by atoms with E-state index < -0.39 is 0 Å². The molecule has 0 bridgehead atoms. The molecule has 0 saturated heterocycles. The second-order valence-corrected chi connectivity index (χ2v) is 5.62. The van der Waals surface area contributed by atoms with Crippen molar-refractivity contribution in [2.24, 2.45) is 0 Å². The molecule has 0 saturated carbocycles. The summed E-state index contributed by atoms with van der Waals surface area (Å²) in [7, 11) is 0. The molecule has 0 amide bonds. The number of benzene rings is 2. The molecule has 4 rings (SSSR count). The molecular formula is C17H16O4. The van der Waals surface area contributed by atoms with E-state index in [1.807, 2.05) is 37.3 Å². The molecule has 2 aliphatic rings. The monoisotopic (exact) mass is 284 g/mol. The molecule has 0 aromatic heterocycles. The number of phenolic OH excluding ortho intramolecular Hbond substituents is 1. The van der Waals surface area contributed by atoms with Crippen LogP contribution in [-0.2, 0) is 0 Å². The summed E-state index contributed by atoms with van der Waals surface area (Å²) in [5, 5.41) is 9.89. The van der Waals surface area contributed by atoms with Gasteiger partial charge in [0.2, 0.25) is 6.79 Å². The number of hydrogen-bond donors (Lipinski definition) is 1. The van der Waals surface area contributed by atoms with Gasteiger partial charge in [0.25, 0.3) is 0 Å². The Labute approximate surface area is 122 Å². The van der Waals surface area contributed by atoms with Gasteiger partial charge in [0.1, 0.15) is 17.6 Å². The topological polar surface area (TPSA) is 47.9 Å². The molecule has 0 spiro atoms. The van der Waals surface area contributed by atoms with Crippen LogP contribution in [0.25, 0.3) is 0 Å². The van der Waals surface area contributed by atoms with E-state index in [4.69, 9.17) is 14.2 Å². The molecule has 2 aliphatic heterocycles. The largest absolute Gasteiger partial charge is 0.508 e. The first-order chi connectivity index (χ1) is 10.1. The third-order valence-corrected chi connectivity index (χ3v) is 4.25. The smallest absolute Gasteiger partial charge is 0.231 e. The highest BCUT2D eigenvalue weighted by atomic mass is 16.7. The molecule has 1 N–H and O–H groups in total. The lowest BCUT2D eigenvalue weighted by Crippen LogP contribution is -2.07. The Hall–Kier alpha value is -2.36. The van der Waals surface area contributed by atoms with Crippen molar-refractivity contribution in [2.75, 3.05) is 6.79 Å². The van der Waals surface area contributed by atoms with Crippen molar-refractivity contribution in [1.82, 2.24) is 0 Å². The Morgan fingerprint density at radius 1 is 1.05 bits per heavy atom. The molecule has 4 heteroatoms. The van der Waals surface area contributed by atoms with Gasteiger partial charge in [0.05, 0.1) is 0 Å². The second kappa shape index (κ2) is 4.32. The van der Waals surface area contributed by atoms with E-state index in [-0.39, 0.29) is 18.8 Å². The molecule has 0 fully saturated rings. The number of aryl methyl sites for hydroxylation is 1. The zero-order valence-corrected chi connectivity index (χ0v) is 11.9. The molecule has 2 aromatic carbocycles. The van der Waals surface area contributed by atoms with Gasteiger partial charge in [-0.1, -0.05) is 13.0 Å². The van der Waals surface area contributed by atoms with Crippen molar-refractivity contribution < 1.29 is 19.3 Å². The van der Waals surface area contributed by atoms with Crippen molar-refractivity contribution in [3.8, 4) is 23.0 Å². The number of rotatable bonds is 1. The van der Waals surface area contributed by atoms with E-state index in [0.717, 1.165) is 33.9 Å². The standard InChI is InChI=1S/C17H16O4/c1-9-5-15-12(7-13(9)18)10(2)17(21-15)11-3-4-14-16(6-11)20-8-19-14/h3-7,10,17-18H,8H2,1-2H3/t10-,17-/m1/s1. The summed E-state index contributed by atoms with van der Waals surface area (Å²) in [5.74, 6) is 2.87. The molecular weight excluding hydrogens is 268 g/mol. The van der Waals surface area contributed by atoms with Gasteiger partial charge in [0, 0.05) is 11.5 Å². The highest BCUT2D eigenvalue weighted by Crippen LogP contribution is 2.49. The summed E-state index contributed by atoms with van der Waals surface area (Å²) in [5.41, 5.74) is 2.92. The number of phenols is 1. The number of ether oxygens (including phenoxy) is 3. The van der Waals surface area contributed by atoms with Gasteiger partial charge >= 0.3 is 0 Å². The van der Waals surface area contributed by atoms with Crippen molar-refractivity contribution in [3.63, 3.8) is 0 Å². The molecule has 21 heavy (non-hydrogen) atoms. The average molecular weight is 284 g/mol. The molecule has 108 valence electrons. The third kappa shape index (κ3) is 1.82. The predicted octanol–water partition coefficient (Wildman–Crippen LogP) is 3.67. The molecule has 0 radical (unpaired) electrons. The van der Waals surface area contributed by atoms with E-state index in [9.17, 15) is 5.11 Å². The van der Waals surface area contributed by atoms with Crippen LogP contribution in [0.3, 0.4) is 0 Å². The lowest BCUT2D eigenvalue weighted by atomic mass is 9.92. The average Bonchev–Trinajstić information content (AvgIpc) is 3.05. The van der Waals surface area contributed by atoms with Crippen LogP contribution in [-0.4, -0.2) is 11.9 Å². The zero-order valence-electron chi connectivity index (χ0n) is 11.9. The fourth-order valence-electron chi connectivity index (χ4n) is 2.99. The molecule has 0 unspecified atom stereocenters. The minimum absolute atomic E-state index is 0.0734. The first-order valence-corrected chi connectivity index (χ1v) is 7.03. The van der Waals surface area contributed by atoms with Crippen LogP contribution in [0.1, 0.15) is 35.6 Å². The Morgan fingerprint density at radius 2 is 1.86 bits per heavy atom. The van der Waals surface area contributed by atoms with Crippen molar-refractivity contribution >= 4 is 0 Å². The summed E-state index contributed by atoms with van der Waals surface area (Å²) in [6.07, 6.45) is -0.0734. The highest BCUT2D eigenvalue weighted by Gasteiger charge is 2.33. The SMILES string of the molecule is Cc1cc2c(cc1O)[C@@H](C)[C@H](c1ccc3c(c1)OCO3)O2. The van der Waals surface area contributed by atoms with E-state index in [1.165, 1.54) is 0 Å². The van der Waals surface area contributed by atoms with E-state index in [1.54, 1.807) is 0 Å². The van der Waals surface area contributed by atoms with Crippen molar-refractivity contribution in [2.45, 2.75) is 25.9 Å². The van der Waals surface area contributed by atoms with Crippen molar-refractivity contribution in [3.05, 3.63) is 47.0 Å². The summed E-state index contributed by atoms with van der Waals surface area (Å²) in [4.78, 5) is 0. The minimum Gasteiger partial charge on any atom is -0.508 e. The highest BCUT2D eigenvalue weighted by molar-refractivity contribution is 5.52. The van der Waals surface area contributed by atoms with Crippen LogP contribution >= 0.6 is 0 Å². The maximum absolute atomic E-state index is 9.89. The Kier molecular flexibility index (Phi) is 2.55. The van der Waals surface area contributed by atoms with Crippen LogP contribution < -0.4 is 14.2 Å². The maximum atomic E-state index is 9.89. The summed E-state index contributed by atoms with van der Waals surface area (Å²) in [6, 6.07) is 9.60. The Balaban J connectivity index is 1.72. The maximum Gasteiger partial charge on any atom is 0.231 e. The lowest BCUT2D eigenvalue weighted by molar-refractivity contribution is 0.173. The fourth-order valence-corrected chi connectivity index (χ4v) is 2.99. The van der Waals surface area contributed by atoms with Crippen LogP contribution in [0.4, 0.5) is 0 Å². The summed E-state index contributed by atoms with van der Waals surface area (Å²) < 4.78 is 16.9. The Bertz CT molecular complexity index is 723. The minimum atomic E-state index is -0.0734. The normalized spacial score (nSPS) is 22.0. The van der Waals surface area contributed by atoms with E-state index in [0.29, 0.717) is 5.75 Å². The van der Waals surface area contributed by atoms with Crippen molar-refractivity contribution in [1.29, 1.82) is 0 Å². The van der Waals surface area contributed by atoms with Gasteiger partial charge in [0.15, 0.2) is 11.5 Å². The van der Waals surface area contributed by atoms with Crippen LogP contribution in [0, 0.1) is 6.92 Å². The van der Waals surface area contributed by atoms with Gasteiger partial charge in [-0.2, -0.15) is 0 Å². The first kappa shape index (κ1) is 12.4.